The maximum atomic E-state index is 9.64. The molecule has 1 aromatic carbocycles. The molecule has 1 atom stereocenters. The first-order valence-electron chi connectivity index (χ1n) is 5.53. The van der Waals surface area contributed by atoms with Gasteiger partial charge in [-0.2, -0.15) is 0 Å². The van der Waals surface area contributed by atoms with E-state index in [1.165, 1.54) is 6.07 Å². The van der Waals surface area contributed by atoms with Crippen LogP contribution in [0, 0.1) is 5.92 Å². The van der Waals surface area contributed by atoms with Gasteiger partial charge in [0.2, 0.25) is 0 Å². The number of aliphatic hydroxyl groups is 1. The average Bonchev–Trinajstić information content (AvgIpc) is 2.70. The number of hydrogen-bond acceptors (Lipinski definition) is 4. The molecule has 0 bridgehead atoms. The van der Waals surface area contributed by atoms with Crippen molar-refractivity contribution in [1.29, 1.82) is 0 Å². The first-order chi connectivity index (χ1) is 7.69. The molecule has 0 aromatic heterocycles. The predicted octanol–water partition coefficient (Wildman–Crippen LogP) is 0.912. The molecule has 4 nitrogen and oxygen atoms in total. The molecule has 0 spiro atoms. The molecule has 1 heterocycles. The number of benzene rings is 1. The van der Waals surface area contributed by atoms with Crippen LogP contribution in [0.25, 0.3) is 0 Å². The van der Waals surface area contributed by atoms with E-state index in [1.807, 2.05) is 0 Å². The molecule has 16 heavy (non-hydrogen) atoms. The molecule has 1 fully saturated rings. The maximum absolute atomic E-state index is 9.64. The van der Waals surface area contributed by atoms with Gasteiger partial charge in [0.15, 0.2) is 0 Å². The van der Waals surface area contributed by atoms with Gasteiger partial charge in [-0.15, -0.1) is 0 Å². The van der Waals surface area contributed by atoms with Crippen molar-refractivity contribution in [3.05, 3.63) is 23.8 Å². The predicted molar refractivity (Wildman–Crippen MR) is 60.2 cm³/mol. The van der Waals surface area contributed by atoms with Crippen LogP contribution < -0.4 is 0 Å². The minimum Gasteiger partial charge on any atom is -0.508 e. The van der Waals surface area contributed by atoms with Crippen molar-refractivity contribution >= 4 is 0 Å². The van der Waals surface area contributed by atoms with Crippen molar-refractivity contribution in [3.63, 3.8) is 0 Å². The van der Waals surface area contributed by atoms with E-state index in [0.717, 1.165) is 25.1 Å². The molecule has 3 N–H and O–H groups in total. The third-order valence-electron chi connectivity index (χ3n) is 3.09. The number of phenols is 2. The van der Waals surface area contributed by atoms with Gasteiger partial charge in [-0.1, -0.05) is 6.07 Å². The molecule has 0 saturated carbocycles. The standard InChI is InChI=1S/C12H17NO3/c14-8-9-3-4-13(6-9)7-10-1-2-11(15)5-12(10)16/h1-2,5,9,14-16H,3-4,6-8H2. The van der Waals surface area contributed by atoms with Crippen LogP contribution in [0.15, 0.2) is 18.2 Å². The Labute approximate surface area is 94.8 Å². The van der Waals surface area contributed by atoms with Gasteiger partial charge in [-0.05, 0) is 24.9 Å². The SMILES string of the molecule is OCC1CCN(Cc2ccc(O)cc2O)C1. The summed E-state index contributed by atoms with van der Waals surface area (Å²) >= 11 is 0. The van der Waals surface area contributed by atoms with Gasteiger partial charge in [0.05, 0.1) is 0 Å². The lowest BCUT2D eigenvalue weighted by molar-refractivity contribution is 0.219. The van der Waals surface area contributed by atoms with Crippen LogP contribution in [0.4, 0.5) is 0 Å². The third-order valence-corrected chi connectivity index (χ3v) is 3.09. The van der Waals surface area contributed by atoms with Crippen molar-refractivity contribution in [2.75, 3.05) is 19.7 Å². The lowest BCUT2D eigenvalue weighted by Gasteiger charge is -2.16. The summed E-state index contributed by atoms with van der Waals surface area (Å²) in [4.78, 5) is 2.20. The van der Waals surface area contributed by atoms with Gasteiger partial charge in [0.25, 0.3) is 0 Å². The zero-order valence-electron chi connectivity index (χ0n) is 9.13. The summed E-state index contributed by atoms with van der Waals surface area (Å²) in [5, 5.41) is 27.8. The number of aliphatic hydroxyl groups excluding tert-OH is 1. The van der Waals surface area contributed by atoms with Gasteiger partial charge in [-0.25, -0.2) is 0 Å². The molecule has 88 valence electrons. The molecular weight excluding hydrogens is 206 g/mol. The van der Waals surface area contributed by atoms with Gasteiger partial charge in [-0.3, -0.25) is 4.90 Å². The van der Waals surface area contributed by atoms with Gasteiger partial charge >= 0.3 is 0 Å². The molecule has 1 aromatic rings. The molecule has 2 rings (SSSR count). The number of rotatable bonds is 3. The molecule has 0 amide bonds. The highest BCUT2D eigenvalue weighted by Crippen LogP contribution is 2.26. The molecule has 1 saturated heterocycles. The lowest BCUT2D eigenvalue weighted by Crippen LogP contribution is -2.20. The Morgan fingerprint density at radius 1 is 1.31 bits per heavy atom. The zero-order valence-corrected chi connectivity index (χ0v) is 9.13. The molecule has 0 radical (unpaired) electrons. The minimum absolute atomic E-state index is 0.0795. The molecule has 0 aliphatic carbocycles. The Balaban J connectivity index is 1.99. The second kappa shape index (κ2) is 4.72. The van der Waals surface area contributed by atoms with E-state index in [0.29, 0.717) is 12.5 Å². The van der Waals surface area contributed by atoms with Crippen LogP contribution in [0.3, 0.4) is 0 Å². The fourth-order valence-electron chi connectivity index (χ4n) is 2.13. The summed E-state index contributed by atoms with van der Waals surface area (Å²) in [6.45, 7) is 2.73. The highest BCUT2D eigenvalue weighted by molar-refractivity contribution is 5.38. The van der Waals surface area contributed by atoms with E-state index in [2.05, 4.69) is 4.90 Å². The van der Waals surface area contributed by atoms with Crippen molar-refractivity contribution in [1.82, 2.24) is 4.90 Å². The smallest absolute Gasteiger partial charge is 0.123 e. The van der Waals surface area contributed by atoms with Gasteiger partial charge in [0, 0.05) is 31.3 Å². The second-order valence-electron chi connectivity index (χ2n) is 4.39. The van der Waals surface area contributed by atoms with Gasteiger partial charge < -0.3 is 15.3 Å². The van der Waals surface area contributed by atoms with E-state index < -0.39 is 0 Å². The Hall–Kier alpha value is -1.26. The van der Waals surface area contributed by atoms with E-state index in [1.54, 1.807) is 12.1 Å². The van der Waals surface area contributed by atoms with Crippen molar-refractivity contribution < 1.29 is 15.3 Å². The number of nitrogens with zero attached hydrogens (tertiary/aromatic N) is 1. The van der Waals surface area contributed by atoms with Crippen molar-refractivity contribution in [2.24, 2.45) is 5.92 Å². The number of likely N-dealkylation sites (tertiary alicyclic amines) is 1. The van der Waals surface area contributed by atoms with E-state index in [-0.39, 0.29) is 18.1 Å². The van der Waals surface area contributed by atoms with Gasteiger partial charge in [0.1, 0.15) is 11.5 Å². The third kappa shape index (κ3) is 2.46. The normalized spacial score (nSPS) is 21.4. The largest absolute Gasteiger partial charge is 0.508 e. The fourth-order valence-corrected chi connectivity index (χ4v) is 2.13. The average molecular weight is 223 g/mol. The quantitative estimate of drug-likeness (QED) is 0.712. The monoisotopic (exact) mass is 223 g/mol. The van der Waals surface area contributed by atoms with Crippen molar-refractivity contribution in [2.45, 2.75) is 13.0 Å². The van der Waals surface area contributed by atoms with Crippen LogP contribution in [-0.4, -0.2) is 39.9 Å². The first kappa shape index (κ1) is 11.2. The van der Waals surface area contributed by atoms with Crippen LogP contribution >= 0.6 is 0 Å². The van der Waals surface area contributed by atoms with Crippen molar-refractivity contribution in [3.8, 4) is 11.5 Å². The highest BCUT2D eigenvalue weighted by atomic mass is 16.3. The summed E-state index contributed by atoms with van der Waals surface area (Å²) in [6.07, 6.45) is 1.01. The Morgan fingerprint density at radius 3 is 2.75 bits per heavy atom. The van der Waals surface area contributed by atoms with Crippen LogP contribution in [0.5, 0.6) is 11.5 Å². The Morgan fingerprint density at radius 2 is 2.12 bits per heavy atom. The second-order valence-corrected chi connectivity index (χ2v) is 4.39. The molecule has 1 aliphatic heterocycles. The molecule has 1 aliphatic rings. The summed E-state index contributed by atoms with van der Waals surface area (Å²) in [7, 11) is 0. The Bertz CT molecular complexity index is 367. The minimum atomic E-state index is 0.0795. The van der Waals surface area contributed by atoms with Crippen LogP contribution in [-0.2, 0) is 6.54 Å². The summed E-state index contributed by atoms with van der Waals surface area (Å²) in [6, 6.07) is 4.67. The zero-order chi connectivity index (χ0) is 11.5. The van der Waals surface area contributed by atoms with Crippen LogP contribution in [0.2, 0.25) is 0 Å². The molecular formula is C12H17NO3. The summed E-state index contributed by atoms with van der Waals surface area (Å²) in [5.41, 5.74) is 0.816. The summed E-state index contributed by atoms with van der Waals surface area (Å²) in [5.74, 6) is 0.572. The first-order valence-corrected chi connectivity index (χ1v) is 5.53. The maximum Gasteiger partial charge on any atom is 0.123 e. The lowest BCUT2D eigenvalue weighted by atomic mass is 10.1. The van der Waals surface area contributed by atoms with E-state index >= 15 is 0 Å². The highest BCUT2D eigenvalue weighted by Gasteiger charge is 2.22. The number of hydrogen-bond donors (Lipinski definition) is 3. The Kier molecular flexibility index (Phi) is 3.31. The molecule has 1 unspecified atom stereocenters. The fraction of sp³-hybridized carbons (Fsp3) is 0.500. The van der Waals surface area contributed by atoms with E-state index in [4.69, 9.17) is 5.11 Å². The number of aromatic hydroxyl groups is 2. The number of phenolic OH excluding ortho intramolecular Hbond substituents is 2. The van der Waals surface area contributed by atoms with Crippen LogP contribution in [0.1, 0.15) is 12.0 Å². The molecule has 4 heteroatoms. The van der Waals surface area contributed by atoms with E-state index in [9.17, 15) is 10.2 Å². The topological polar surface area (TPSA) is 63.9 Å². The summed E-state index contributed by atoms with van der Waals surface area (Å²) < 4.78 is 0.